The quantitative estimate of drug-likeness (QED) is 0.734. The van der Waals surface area contributed by atoms with Crippen LogP contribution in [0, 0.1) is 11.8 Å². The summed E-state index contributed by atoms with van der Waals surface area (Å²) in [4.78, 5) is 0. The SMILES string of the molecule is CCC(NC1CCCC(C)C1C)c1ccc(Cl)cc1Cl. The lowest BCUT2D eigenvalue weighted by Gasteiger charge is -2.37. The molecule has 20 heavy (non-hydrogen) atoms. The highest BCUT2D eigenvalue weighted by Crippen LogP contribution is 2.33. The van der Waals surface area contributed by atoms with Crippen LogP contribution in [0.4, 0.5) is 0 Å². The van der Waals surface area contributed by atoms with Gasteiger partial charge in [-0.15, -0.1) is 0 Å². The Labute approximate surface area is 133 Å². The van der Waals surface area contributed by atoms with Crippen LogP contribution in [0.2, 0.25) is 10.0 Å². The molecule has 4 atom stereocenters. The summed E-state index contributed by atoms with van der Waals surface area (Å²) in [5, 5.41) is 5.31. The predicted molar refractivity (Wildman–Crippen MR) is 88.6 cm³/mol. The molecule has 1 nitrogen and oxygen atoms in total. The van der Waals surface area contributed by atoms with Crippen molar-refractivity contribution in [3.8, 4) is 0 Å². The third-order valence-electron chi connectivity index (χ3n) is 4.87. The molecule has 1 N–H and O–H groups in total. The van der Waals surface area contributed by atoms with Crippen molar-refractivity contribution in [2.24, 2.45) is 11.8 Å². The van der Waals surface area contributed by atoms with Gasteiger partial charge in [-0.25, -0.2) is 0 Å². The average Bonchev–Trinajstić information content (AvgIpc) is 2.41. The second-order valence-electron chi connectivity index (χ2n) is 6.17. The summed E-state index contributed by atoms with van der Waals surface area (Å²) in [6, 6.07) is 6.74. The van der Waals surface area contributed by atoms with E-state index in [4.69, 9.17) is 23.2 Å². The maximum atomic E-state index is 6.36. The van der Waals surface area contributed by atoms with Crippen molar-refractivity contribution in [2.75, 3.05) is 0 Å². The minimum atomic E-state index is 0.317. The van der Waals surface area contributed by atoms with Gasteiger partial charge in [0.05, 0.1) is 0 Å². The van der Waals surface area contributed by atoms with Crippen molar-refractivity contribution in [3.05, 3.63) is 33.8 Å². The molecule has 0 radical (unpaired) electrons. The van der Waals surface area contributed by atoms with Gasteiger partial charge in [-0.2, -0.15) is 0 Å². The maximum absolute atomic E-state index is 6.36. The fourth-order valence-corrected chi connectivity index (χ4v) is 3.83. The van der Waals surface area contributed by atoms with Crippen LogP contribution in [0.5, 0.6) is 0 Å². The van der Waals surface area contributed by atoms with Crippen LogP contribution in [0.3, 0.4) is 0 Å². The normalized spacial score (nSPS) is 28.4. The van der Waals surface area contributed by atoms with Gasteiger partial charge in [-0.05, 0) is 42.4 Å². The van der Waals surface area contributed by atoms with Crippen molar-refractivity contribution < 1.29 is 0 Å². The Morgan fingerprint density at radius 3 is 2.65 bits per heavy atom. The summed E-state index contributed by atoms with van der Waals surface area (Å²) in [7, 11) is 0. The molecule has 4 unspecified atom stereocenters. The first-order chi connectivity index (χ1) is 9.52. The van der Waals surface area contributed by atoms with E-state index in [1.807, 2.05) is 12.1 Å². The van der Waals surface area contributed by atoms with Gasteiger partial charge < -0.3 is 5.32 Å². The van der Waals surface area contributed by atoms with Crippen molar-refractivity contribution in [2.45, 2.75) is 58.5 Å². The van der Waals surface area contributed by atoms with Crippen LogP contribution in [0.25, 0.3) is 0 Å². The third-order valence-corrected chi connectivity index (χ3v) is 5.43. The van der Waals surface area contributed by atoms with Gasteiger partial charge in [0.25, 0.3) is 0 Å². The van der Waals surface area contributed by atoms with Gasteiger partial charge in [-0.1, -0.05) is 62.9 Å². The lowest BCUT2D eigenvalue weighted by atomic mass is 9.77. The Bertz CT molecular complexity index is 447. The third kappa shape index (κ3) is 3.69. The summed E-state index contributed by atoms with van der Waals surface area (Å²) in [5.74, 6) is 1.53. The highest BCUT2D eigenvalue weighted by atomic mass is 35.5. The second-order valence-corrected chi connectivity index (χ2v) is 7.01. The minimum Gasteiger partial charge on any atom is -0.307 e. The van der Waals surface area contributed by atoms with E-state index in [2.05, 4.69) is 32.2 Å². The van der Waals surface area contributed by atoms with Crippen LogP contribution in [0.15, 0.2) is 18.2 Å². The summed E-state index contributed by atoms with van der Waals surface area (Å²) in [6.45, 7) is 6.95. The molecule has 1 aromatic rings. The molecule has 1 aliphatic carbocycles. The summed E-state index contributed by atoms with van der Waals surface area (Å²) < 4.78 is 0. The molecule has 1 fully saturated rings. The Hall–Kier alpha value is -0.240. The molecule has 1 saturated carbocycles. The Kier molecular flexibility index (Phi) is 5.77. The van der Waals surface area contributed by atoms with Crippen molar-refractivity contribution in [1.82, 2.24) is 5.32 Å². The van der Waals surface area contributed by atoms with E-state index < -0.39 is 0 Å². The molecule has 1 aliphatic rings. The van der Waals surface area contributed by atoms with E-state index in [1.165, 1.54) is 24.8 Å². The molecule has 0 heterocycles. The Morgan fingerprint density at radius 2 is 2.00 bits per heavy atom. The first-order valence-electron chi connectivity index (χ1n) is 7.74. The topological polar surface area (TPSA) is 12.0 Å². The lowest BCUT2D eigenvalue weighted by Crippen LogP contribution is -2.42. The lowest BCUT2D eigenvalue weighted by molar-refractivity contribution is 0.192. The molecular formula is C17H25Cl2N. The van der Waals surface area contributed by atoms with Gasteiger partial charge in [0.1, 0.15) is 0 Å². The Morgan fingerprint density at radius 1 is 1.25 bits per heavy atom. The molecule has 2 rings (SSSR count). The number of hydrogen-bond acceptors (Lipinski definition) is 1. The zero-order valence-electron chi connectivity index (χ0n) is 12.6. The smallest absolute Gasteiger partial charge is 0.0468 e. The second kappa shape index (κ2) is 7.15. The monoisotopic (exact) mass is 313 g/mol. The summed E-state index contributed by atoms with van der Waals surface area (Å²) in [6.07, 6.45) is 5.00. The number of benzene rings is 1. The van der Waals surface area contributed by atoms with Crippen LogP contribution >= 0.6 is 23.2 Å². The first kappa shape index (κ1) is 16.1. The molecule has 0 saturated heterocycles. The predicted octanol–water partition coefficient (Wildman–Crippen LogP) is 5.86. The molecule has 1 aromatic carbocycles. The standard InChI is InChI=1S/C17H25Cl2N/c1-4-16(14-9-8-13(18)10-15(14)19)20-17-7-5-6-11(2)12(17)3/h8-12,16-17,20H,4-7H2,1-3H3. The van der Waals surface area contributed by atoms with E-state index in [-0.39, 0.29) is 0 Å². The van der Waals surface area contributed by atoms with Crippen LogP contribution in [-0.2, 0) is 0 Å². The fraction of sp³-hybridized carbons (Fsp3) is 0.647. The average molecular weight is 314 g/mol. The van der Waals surface area contributed by atoms with Crippen LogP contribution in [0.1, 0.15) is 58.1 Å². The number of halogens is 2. The summed E-state index contributed by atoms with van der Waals surface area (Å²) >= 11 is 12.4. The molecule has 112 valence electrons. The first-order valence-corrected chi connectivity index (χ1v) is 8.49. The zero-order chi connectivity index (χ0) is 14.7. The van der Waals surface area contributed by atoms with Crippen molar-refractivity contribution in [1.29, 1.82) is 0 Å². The largest absolute Gasteiger partial charge is 0.307 e. The maximum Gasteiger partial charge on any atom is 0.0468 e. The molecule has 0 bridgehead atoms. The van der Waals surface area contributed by atoms with Gasteiger partial charge in [-0.3, -0.25) is 0 Å². The molecule has 0 amide bonds. The van der Waals surface area contributed by atoms with E-state index in [0.29, 0.717) is 17.1 Å². The molecule has 0 aromatic heterocycles. The van der Waals surface area contributed by atoms with Gasteiger partial charge >= 0.3 is 0 Å². The zero-order valence-corrected chi connectivity index (χ0v) is 14.1. The van der Waals surface area contributed by atoms with Crippen LogP contribution < -0.4 is 5.32 Å². The van der Waals surface area contributed by atoms with Gasteiger partial charge in [0.15, 0.2) is 0 Å². The van der Waals surface area contributed by atoms with E-state index in [0.717, 1.165) is 23.3 Å². The van der Waals surface area contributed by atoms with E-state index >= 15 is 0 Å². The number of nitrogens with one attached hydrogen (secondary N) is 1. The number of rotatable bonds is 4. The Balaban J connectivity index is 2.12. The van der Waals surface area contributed by atoms with Gasteiger partial charge in [0, 0.05) is 22.1 Å². The van der Waals surface area contributed by atoms with Crippen LogP contribution in [-0.4, -0.2) is 6.04 Å². The highest BCUT2D eigenvalue weighted by molar-refractivity contribution is 6.35. The summed E-state index contributed by atoms with van der Waals surface area (Å²) in [5.41, 5.74) is 1.17. The molecule has 3 heteroatoms. The van der Waals surface area contributed by atoms with Crippen molar-refractivity contribution >= 4 is 23.2 Å². The van der Waals surface area contributed by atoms with Gasteiger partial charge in [0.2, 0.25) is 0 Å². The fourth-order valence-electron chi connectivity index (χ4n) is 3.29. The number of hydrogen-bond donors (Lipinski definition) is 1. The molecular weight excluding hydrogens is 289 g/mol. The molecule has 0 spiro atoms. The van der Waals surface area contributed by atoms with Crippen molar-refractivity contribution in [3.63, 3.8) is 0 Å². The minimum absolute atomic E-state index is 0.317. The van der Waals surface area contributed by atoms with E-state index in [1.54, 1.807) is 0 Å². The highest BCUT2D eigenvalue weighted by Gasteiger charge is 2.29. The van der Waals surface area contributed by atoms with E-state index in [9.17, 15) is 0 Å². The molecule has 0 aliphatic heterocycles.